The van der Waals surface area contributed by atoms with E-state index in [4.69, 9.17) is 28.3 Å². The zero-order valence-corrected chi connectivity index (χ0v) is 9.64. The standard InChI is InChI=1S/C10H11Cl2NO2/c1-13-9(10(14)15)4-6-2-7(11)5-8(12)3-6/h2-3,5,9,13H,4H2,1H3,(H,14,15)/t9-/m0/s1. The molecule has 0 saturated heterocycles. The smallest absolute Gasteiger partial charge is 0.321 e. The minimum absolute atomic E-state index is 0.353. The fourth-order valence-electron chi connectivity index (χ4n) is 1.28. The van der Waals surface area contributed by atoms with Gasteiger partial charge in [-0.2, -0.15) is 0 Å². The van der Waals surface area contributed by atoms with Crippen molar-refractivity contribution in [2.24, 2.45) is 0 Å². The molecule has 0 saturated carbocycles. The van der Waals surface area contributed by atoms with Crippen molar-refractivity contribution in [2.75, 3.05) is 7.05 Å². The summed E-state index contributed by atoms with van der Waals surface area (Å²) in [6, 6.07) is 4.41. The average molecular weight is 248 g/mol. The Morgan fingerprint density at radius 1 is 1.40 bits per heavy atom. The van der Waals surface area contributed by atoms with E-state index < -0.39 is 12.0 Å². The Bertz CT molecular complexity index is 348. The highest BCUT2D eigenvalue weighted by molar-refractivity contribution is 6.34. The molecule has 3 nitrogen and oxygen atoms in total. The number of carboxylic acid groups (broad SMARTS) is 1. The molecule has 0 bridgehead atoms. The van der Waals surface area contributed by atoms with Crippen molar-refractivity contribution in [3.63, 3.8) is 0 Å². The van der Waals surface area contributed by atoms with Crippen LogP contribution < -0.4 is 5.32 Å². The number of aliphatic carboxylic acids is 1. The van der Waals surface area contributed by atoms with Crippen molar-refractivity contribution < 1.29 is 9.90 Å². The van der Waals surface area contributed by atoms with Crippen LogP contribution in [0.3, 0.4) is 0 Å². The highest BCUT2D eigenvalue weighted by atomic mass is 35.5. The normalized spacial score (nSPS) is 12.5. The molecule has 0 aliphatic carbocycles. The van der Waals surface area contributed by atoms with Gasteiger partial charge >= 0.3 is 5.97 Å². The van der Waals surface area contributed by atoms with E-state index in [1.807, 2.05) is 0 Å². The lowest BCUT2D eigenvalue weighted by Crippen LogP contribution is -2.35. The summed E-state index contributed by atoms with van der Waals surface area (Å²) in [6.45, 7) is 0. The topological polar surface area (TPSA) is 49.3 Å². The zero-order valence-electron chi connectivity index (χ0n) is 8.13. The van der Waals surface area contributed by atoms with Gasteiger partial charge in [0.15, 0.2) is 0 Å². The lowest BCUT2D eigenvalue weighted by Gasteiger charge is -2.11. The number of benzene rings is 1. The molecule has 15 heavy (non-hydrogen) atoms. The molecule has 1 atom stereocenters. The summed E-state index contributed by atoms with van der Waals surface area (Å²) in [5.74, 6) is -0.895. The fourth-order valence-corrected chi connectivity index (χ4v) is 1.85. The van der Waals surface area contributed by atoms with Crippen LogP contribution in [0.4, 0.5) is 0 Å². The van der Waals surface area contributed by atoms with Gasteiger partial charge in [0.1, 0.15) is 6.04 Å². The molecule has 0 aliphatic heterocycles. The van der Waals surface area contributed by atoms with Crippen LogP contribution in [-0.4, -0.2) is 24.2 Å². The van der Waals surface area contributed by atoms with Gasteiger partial charge in [-0.3, -0.25) is 4.79 Å². The van der Waals surface area contributed by atoms with E-state index in [1.165, 1.54) is 0 Å². The third kappa shape index (κ3) is 3.70. The van der Waals surface area contributed by atoms with Crippen LogP contribution in [-0.2, 0) is 11.2 Å². The molecule has 5 heteroatoms. The van der Waals surface area contributed by atoms with E-state index in [9.17, 15) is 4.79 Å². The van der Waals surface area contributed by atoms with Crippen LogP contribution in [0, 0.1) is 0 Å². The van der Waals surface area contributed by atoms with Crippen LogP contribution in [0.25, 0.3) is 0 Å². The van der Waals surface area contributed by atoms with Gasteiger partial charge in [0, 0.05) is 10.0 Å². The van der Waals surface area contributed by atoms with Crippen molar-refractivity contribution in [3.05, 3.63) is 33.8 Å². The fraction of sp³-hybridized carbons (Fsp3) is 0.300. The van der Waals surface area contributed by atoms with Gasteiger partial charge in [0.05, 0.1) is 0 Å². The first-order valence-electron chi connectivity index (χ1n) is 4.38. The monoisotopic (exact) mass is 247 g/mol. The van der Waals surface area contributed by atoms with Crippen LogP contribution in [0.15, 0.2) is 18.2 Å². The second kappa shape index (κ2) is 5.35. The second-order valence-electron chi connectivity index (χ2n) is 3.16. The van der Waals surface area contributed by atoms with Crippen molar-refractivity contribution in [1.82, 2.24) is 5.32 Å². The summed E-state index contributed by atoms with van der Waals surface area (Å²) in [4.78, 5) is 10.8. The van der Waals surface area contributed by atoms with E-state index in [0.29, 0.717) is 16.5 Å². The maximum atomic E-state index is 10.8. The molecule has 0 aromatic heterocycles. The van der Waals surface area contributed by atoms with Crippen LogP contribution in [0.5, 0.6) is 0 Å². The number of carbonyl (C=O) groups is 1. The Morgan fingerprint density at radius 3 is 2.33 bits per heavy atom. The van der Waals surface area contributed by atoms with Gasteiger partial charge in [0.2, 0.25) is 0 Å². The Hall–Kier alpha value is -0.770. The van der Waals surface area contributed by atoms with E-state index in [-0.39, 0.29) is 0 Å². The molecule has 0 aliphatic rings. The predicted molar refractivity (Wildman–Crippen MR) is 60.6 cm³/mol. The summed E-state index contributed by atoms with van der Waals surface area (Å²) in [7, 11) is 1.60. The lowest BCUT2D eigenvalue weighted by atomic mass is 10.1. The van der Waals surface area contributed by atoms with Gasteiger partial charge in [-0.1, -0.05) is 23.2 Å². The third-order valence-electron chi connectivity index (χ3n) is 2.01. The number of likely N-dealkylation sites (N-methyl/N-ethyl adjacent to an activating group) is 1. The summed E-state index contributed by atoms with van der Waals surface area (Å²) >= 11 is 11.6. The van der Waals surface area contributed by atoms with Crippen LogP contribution in [0.1, 0.15) is 5.56 Å². The Kier molecular flexibility index (Phi) is 4.39. The molecule has 1 aromatic carbocycles. The minimum atomic E-state index is -0.895. The molecule has 0 fully saturated rings. The first-order valence-corrected chi connectivity index (χ1v) is 5.13. The summed E-state index contributed by atoms with van der Waals surface area (Å²) in [6.07, 6.45) is 0.353. The van der Waals surface area contributed by atoms with E-state index in [0.717, 1.165) is 5.56 Å². The highest BCUT2D eigenvalue weighted by Gasteiger charge is 2.15. The van der Waals surface area contributed by atoms with E-state index >= 15 is 0 Å². The SMILES string of the molecule is CN[C@@H](Cc1cc(Cl)cc(Cl)c1)C(=O)O. The maximum absolute atomic E-state index is 10.8. The molecule has 0 amide bonds. The van der Waals surface area contributed by atoms with Gasteiger partial charge < -0.3 is 10.4 Å². The number of nitrogens with one attached hydrogen (secondary N) is 1. The van der Waals surface area contributed by atoms with Crippen molar-refractivity contribution >= 4 is 29.2 Å². The molecular weight excluding hydrogens is 237 g/mol. The third-order valence-corrected chi connectivity index (χ3v) is 2.45. The Morgan fingerprint density at radius 2 is 1.93 bits per heavy atom. The molecule has 0 radical (unpaired) electrons. The average Bonchev–Trinajstić information content (AvgIpc) is 2.12. The minimum Gasteiger partial charge on any atom is -0.480 e. The first-order chi connectivity index (χ1) is 7.02. The van der Waals surface area contributed by atoms with Crippen molar-refractivity contribution in [3.8, 4) is 0 Å². The second-order valence-corrected chi connectivity index (χ2v) is 4.03. The molecule has 0 spiro atoms. The number of hydrogen-bond acceptors (Lipinski definition) is 2. The summed E-state index contributed by atoms with van der Waals surface area (Å²) in [5.41, 5.74) is 0.800. The Labute approximate surface area is 98.0 Å². The summed E-state index contributed by atoms with van der Waals surface area (Å²) < 4.78 is 0. The molecule has 1 aromatic rings. The number of carboxylic acids is 1. The van der Waals surface area contributed by atoms with Crippen LogP contribution >= 0.6 is 23.2 Å². The van der Waals surface area contributed by atoms with Gasteiger partial charge in [-0.15, -0.1) is 0 Å². The van der Waals surface area contributed by atoms with Gasteiger partial charge in [-0.25, -0.2) is 0 Å². The maximum Gasteiger partial charge on any atom is 0.321 e. The number of hydrogen-bond donors (Lipinski definition) is 2. The van der Waals surface area contributed by atoms with Gasteiger partial charge in [0.25, 0.3) is 0 Å². The van der Waals surface area contributed by atoms with Crippen LogP contribution in [0.2, 0.25) is 10.0 Å². The predicted octanol–water partition coefficient (Wildman–Crippen LogP) is 2.21. The lowest BCUT2D eigenvalue weighted by molar-refractivity contribution is -0.139. The molecule has 1 rings (SSSR count). The molecular formula is C10H11Cl2NO2. The largest absolute Gasteiger partial charge is 0.480 e. The molecule has 82 valence electrons. The van der Waals surface area contributed by atoms with E-state index in [1.54, 1.807) is 25.2 Å². The molecule has 0 heterocycles. The van der Waals surface area contributed by atoms with Gasteiger partial charge in [-0.05, 0) is 37.2 Å². The molecule has 2 N–H and O–H groups in total. The Balaban J connectivity index is 2.83. The summed E-state index contributed by atoms with van der Waals surface area (Å²) in [5, 5.41) is 12.6. The highest BCUT2D eigenvalue weighted by Crippen LogP contribution is 2.19. The quantitative estimate of drug-likeness (QED) is 0.858. The van der Waals surface area contributed by atoms with E-state index in [2.05, 4.69) is 5.32 Å². The number of rotatable bonds is 4. The number of halogens is 2. The first kappa shape index (κ1) is 12.3. The zero-order chi connectivity index (χ0) is 11.4. The molecule has 0 unspecified atom stereocenters. The van der Waals surface area contributed by atoms with Crippen molar-refractivity contribution in [1.29, 1.82) is 0 Å². The van der Waals surface area contributed by atoms with Crippen molar-refractivity contribution in [2.45, 2.75) is 12.5 Å².